The van der Waals surface area contributed by atoms with Crippen LogP contribution < -0.4 is 0 Å². The van der Waals surface area contributed by atoms with Crippen LogP contribution in [0.4, 0.5) is 0 Å². The van der Waals surface area contributed by atoms with Crippen LogP contribution in [0.25, 0.3) is 0 Å². The lowest BCUT2D eigenvalue weighted by Gasteiger charge is -2.35. The van der Waals surface area contributed by atoms with E-state index in [1.807, 2.05) is 18.5 Å². The fourth-order valence-corrected chi connectivity index (χ4v) is 3.98. The van der Waals surface area contributed by atoms with Crippen LogP contribution in [0.5, 0.6) is 0 Å². The number of thioether (sulfide) groups is 1. The van der Waals surface area contributed by atoms with E-state index >= 15 is 0 Å². The van der Waals surface area contributed by atoms with Gasteiger partial charge in [-0.25, -0.2) is 9.97 Å². The number of aromatic nitrogens is 2. The van der Waals surface area contributed by atoms with Crippen LogP contribution in [0.3, 0.4) is 0 Å². The molecule has 2 atom stereocenters. The van der Waals surface area contributed by atoms with Crippen LogP contribution in [0.1, 0.15) is 36.8 Å². The Hall–Kier alpha value is -1.43. The van der Waals surface area contributed by atoms with Crippen LogP contribution in [0.2, 0.25) is 0 Å². The minimum atomic E-state index is -0.203. The van der Waals surface area contributed by atoms with Gasteiger partial charge in [0.2, 0.25) is 0 Å². The van der Waals surface area contributed by atoms with Gasteiger partial charge in [-0.15, -0.1) is 0 Å². The highest BCUT2D eigenvalue weighted by Crippen LogP contribution is 2.24. The number of hydrogen-bond acceptors (Lipinski definition) is 5. The van der Waals surface area contributed by atoms with E-state index in [2.05, 4.69) is 46.2 Å². The second-order valence-electron chi connectivity index (χ2n) is 6.48. The smallest absolute Gasteiger partial charge is 0.187 e. The second kappa shape index (κ2) is 8.60. The molecule has 24 heavy (non-hydrogen) atoms. The number of likely N-dealkylation sites (N-methyl/N-ethyl adjacent to an activating group) is 1. The fraction of sp³-hybridized carbons (Fsp3) is 0.474. The molecule has 1 aromatic carbocycles. The highest BCUT2D eigenvalue weighted by Gasteiger charge is 2.26. The van der Waals surface area contributed by atoms with Gasteiger partial charge < -0.3 is 5.11 Å². The maximum absolute atomic E-state index is 10.2. The average molecular weight is 343 g/mol. The summed E-state index contributed by atoms with van der Waals surface area (Å²) in [6, 6.07) is 10.6. The normalized spacial score (nSPS) is 21.1. The van der Waals surface area contributed by atoms with Crippen LogP contribution >= 0.6 is 11.8 Å². The van der Waals surface area contributed by atoms with E-state index in [9.17, 15) is 5.11 Å². The zero-order valence-electron chi connectivity index (χ0n) is 14.1. The maximum atomic E-state index is 10.2. The Morgan fingerprint density at radius 1 is 1.08 bits per heavy atom. The van der Waals surface area contributed by atoms with Crippen molar-refractivity contribution >= 4 is 11.8 Å². The molecule has 0 spiro atoms. The first-order chi connectivity index (χ1) is 11.7. The number of hydrogen-bond donors (Lipinski definition) is 1. The van der Waals surface area contributed by atoms with Crippen molar-refractivity contribution in [1.82, 2.24) is 14.9 Å². The third-order valence-electron chi connectivity index (χ3n) is 4.58. The van der Waals surface area contributed by atoms with Crippen molar-refractivity contribution in [1.29, 1.82) is 0 Å². The number of benzene rings is 1. The van der Waals surface area contributed by atoms with Gasteiger partial charge in [0.25, 0.3) is 0 Å². The van der Waals surface area contributed by atoms with Crippen molar-refractivity contribution < 1.29 is 5.11 Å². The fourth-order valence-electron chi connectivity index (χ4n) is 3.23. The van der Waals surface area contributed by atoms with Gasteiger partial charge in [-0.05, 0) is 25.5 Å². The number of aliphatic hydroxyl groups excluding tert-OH is 1. The summed E-state index contributed by atoms with van der Waals surface area (Å²) in [5, 5.41) is 11.0. The topological polar surface area (TPSA) is 49.2 Å². The summed E-state index contributed by atoms with van der Waals surface area (Å²) in [6.45, 7) is 0.783. The van der Waals surface area contributed by atoms with Gasteiger partial charge in [-0.3, -0.25) is 4.90 Å². The third-order valence-corrected chi connectivity index (χ3v) is 5.53. The molecule has 0 bridgehead atoms. The highest BCUT2D eigenvalue weighted by molar-refractivity contribution is 7.98. The van der Waals surface area contributed by atoms with Crippen molar-refractivity contribution in [2.45, 2.75) is 55.3 Å². The second-order valence-corrected chi connectivity index (χ2v) is 7.42. The van der Waals surface area contributed by atoms with Gasteiger partial charge in [-0.2, -0.15) is 0 Å². The molecule has 1 fully saturated rings. The Morgan fingerprint density at radius 2 is 1.79 bits per heavy atom. The van der Waals surface area contributed by atoms with Crippen molar-refractivity contribution in [3.8, 4) is 0 Å². The van der Waals surface area contributed by atoms with Gasteiger partial charge in [0, 0.05) is 36.3 Å². The minimum Gasteiger partial charge on any atom is -0.391 e. The largest absolute Gasteiger partial charge is 0.391 e. The van der Waals surface area contributed by atoms with Gasteiger partial charge in [0.1, 0.15) is 0 Å². The van der Waals surface area contributed by atoms with Crippen LogP contribution in [0, 0.1) is 0 Å². The molecule has 0 unspecified atom stereocenters. The van der Waals surface area contributed by atoms with Crippen LogP contribution in [-0.2, 0) is 12.3 Å². The lowest BCUT2D eigenvalue weighted by atomic mass is 9.91. The van der Waals surface area contributed by atoms with Gasteiger partial charge in [0.05, 0.1) is 6.10 Å². The summed E-state index contributed by atoms with van der Waals surface area (Å²) in [4.78, 5) is 11.2. The predicted molar refractivity (Wildman–Crippen MR) is 97.8 cm³/mol. The molecule has 5 heteroatoms. The molecule has 0 saturated heterocycles. The lowest BCUT2D eigenvalue weighted by Crippen LogP contribution is -2.42. The number of nitrogens with zero attached hydrogens (tertiary/aromatic N) is 3. The van der Waals surface area contributed by atoms with Crippen molar-refractivity contribution in [3.63, 3.8) is 0 Å². The van der Waals surface area contributed by atoms with Crippen LogP contribution in [-0.4, -0.2) is 39.2 Å². The summed E-state index contributed by atoms with van der Waals surface area (Å²) in [6.07, 6.45) is 7.95. The van der Waals surface area contributed by atoms with E-state index in [0.717, 1.165) is 42.3 Å². The molecule has 1 N–H and O–H groups in total. The first-order valence-corrected chi connectivity index (χ1v) is 9.57. The Bertz CT molecular complexity index is 620. The molecule has 1 aliphatic rings. The van der Waals surface area contributed by atoms with E-state index < -0.39 is 0 Å². The molecule has 1 saturated carbocycles. The van der Waals surface area contributed by atoms with Crippen molar-refractivity contribution in [2.75, 3.05) is 7.05 Å². The van der Waals surface area contributed by atoms with Gasteiger partial charge in [0.15, 0.2) is 5.16 Å². The minimum absolute atomic E-state index is 0.203. The predicted octanol–water partition coefficient (Wildman–Crippen LogP) is 3.50. The number of aliphatic hydroxyl groups is 1. The first kappa shape index (κ1) is 17.4. The lowest BCUT2D eigenvalue weighted by molar-refractivity contribution is 0.0287. The van der Waals surface area contributed by atoms with E-state index in [1.165, 1.54) is 12.0 Å². The zero-order valence-corrected chi connectivity index (χ0v) is 15.0. The number of rotatable bonds is 6. The SMILES string of the molecule is CN(Cc1cnc(SCc2ccccc2)nc1)[C@@H]1CCCC[C@@H]1O. The molecule has 4 nitrogen and oxygen atoms in total. The molecule has 128 valence electrons. The molecule has 1 heterocycles. The molecule has 1 aliphatic carbocycles. The standard InChI is InChI=1S/C19H25N3OS/c1-22(17-9-5-6-10-18(17)23)13-16-11-20-19(21-12-16)24-14-15-7-3-2-4-8-15/h2-4,7-8,11-12,17-18,23H,5-6,9-10,13-14H2,1H3/t17-,18+/m1/s1. The summed E-state index contributed by atoms with van der Waals surface area (Å²) < 4.78 is 0. The van der Waals surface area contributed by atoms with E-state index in [1.54, 1.807) is 11.8 Å². The Morgan fingerprint density at radius 3 is 2.50 bits per heavy atom. The maximum Gasteiger partial charge on any atom is 0.187 e. The Kier molecular flexibility index (Phi) is 6.24. The molecule has 1 aromatic heterocycles. The Balaban J connectivity index is 1.52. The summed E-state index contributed by atoms with van der Waals surface area (Å²) >= 11 is 1.65. The highest BCUT2D eigenvalue weighted by atomic mass is 32.2. The van der Waals surface area contributed by atoms with Gasteiger partial charge in [-0.1, -0.05) is 54.9 Å². The molecule has 2 aromatic rings. The molecular weight excluding hydrogens is 318 g/mol. The van der Waals surface area contributed by atoms with Crippen molar-refractivity contribution in [3.05, 3.63) is 53.9 Å². The molecule has 0 aliphatic heterocycles. The monoisotopic (exact) mass is 343 g/mol. The molecule has 3 rings (SSSR count). The van der Waals surface area contributed by atoms with Gasteiger partial charge >= 0.3 is 0 Å². The molecule has 0 radical (unpaired) electrons. The Labute approximate surface area is 148 Å². The first-order valence-electron chi connectivity index (χ1n) is 8.58. The van der Waals surface area contributed by atoms with E-state index in [4.69, 9.17) is 0 Å². The van der Waals surface area contributed by atoms with E-state index in [0.29, 0.717) is 0 Å². The summed E-state index contributed by atoms with van der Waals surface area (Å²) in [7, 11) is 2.08. The zero-order chi connectivity index (χ0) is 16.8. The third kappa shape index (κ3) is 4.79. The quantitative estimate of drug-likeness (QED) is 0.642. The summed E-state index contributed by atoms with van der Waals surface area (Å²) in [5.74, 6) is 0.883. The average Bonchev–Trinajstić information content (AvgIpc) is 2.62. The van der Waals surface area contributed by atoms with Crippen LogP contribution in [0.15, 0.2) is 47.9 Å². The molecular formula is C19H25N3OS. The van der Waals surface area contributed by atoms with E-state index in [-0.39, 0.29) is 12.1 Å². The summed E-state index contributed by atoms with van der Waals surface area (Å²) in [5.41, 5.74) is 2.38. The molecule has 0 amide bonds. The van der Waals surface area contributed by atoms with Crippen molar-refractivity contribution in [2.24, 2.45) is 0 Å².